The molecule has 0 aliphatic rings. The van der Waals surface area contributed by atoms with E-state index >= 15 is 0 Å². The zero-order valence-electron chi connectivity index (χ0n) is 23.7. The molecule has 5 rings (SSSR count). The quantitative estimate of drug-likeness (QED) is 0.138. The summed E-state index contributed by atoms with van der Waals surface area (Å²) in [7, 11) is -9.86. The normalized spacial score (nSPS) is 12.8. The van der Waals surface area contributed by atoms with Crippen LogP contribution in [0.4, 0.5) is 25.1 Å². The van der Waals surface area contributed by atoms with Crippen molar-refractivity contribution in [3.05, 3.63) is 150 Å². The predicted molar refractivity (Wildman–Crippen MR) is 165 cm³/mol. The lowest BCUT2D eigenvalue weighted by Crippen LogP contribution is -2.14. The van der Waals surface area contributed by atoms with Gasteiger partial charge in [-0.3, -0.25) is 4.79 Å². The summed E-state index contributed by atoms with van der Waals surface area (Å²) in [4.78, 5) is 11.3. The van der Waals surface area contributed by atoms with Crippen molar-refractivity contribution in [2.75, 3.05) is 5.32 Å². The number of amides is 1. The van der Waals surface area contributed by atoms with E-state index in [4.69, 9.17) is 14.2 Å². The van der Waals surface area contributed by atoms with E-state index in [9.17, 15) is 24.2 Å². The second kappa shape index (κ2) is 12.2. The largest absolute Gasteiger partial charge is 0.485 e. The summed E-state index contributed by atoms with van der Waals surface area (Å²) < 4.78 is 84.3. The average molecular weight is 642 g/mol. The van der Waals surface area contributed by atoms with Crippen molar-refractivity contribution in [3.63, 3.8) is 0 Å². The van der Waals surface area contributed by atoms with Crippen molar-refractivity contribution in [2.24, 2.45) is 0 Å². The molecule has 1 N–H and O–H groups in total. The molecule has 0 spiro atoms. The monoisotopic (exact) mass is 641 g/mol. The molecule has 0 bridgehead atoms. The molecule has 0 saturated heterocycles. The molecule has 45 heavy (non-hydrogen) atoms. The van der Waals surface area contributed by atoms with Gasteiger partial charge in [0.15, 0.2) is 11.5 Å². The van der Waals surface area contributed by atoms with E-state index in [1.54, 1.807) is 0 Å². The summed E-state index contributed by atoms with van der Waals surface area (Å²) in [5.74, 6) is -0.134. The minimum absolute atomic E-state index is 0.0324. The summed E-state index contributed by atoms with van der Waals surface area (Å²) in [6, 6.07) is 32.9. The van der Waals surface area contributed by atoms with Crippen LogP contribution in [0, 0.1) is 0 Å². The van der Waals surface area contributed by atoms with Crippen molar-refractivity contribution in [1.29, 1.82) is 0 Å². The minimum Gasteiger partial charge on any atom is -0.485 e. The van der Waals surface area contributed by atoms with Gasteiger partial charge in [-0.2, -0.15) is 0 Å². The molecule has 0 aromatic heterocycles. The van der Waals surface area contributed by atoms with E-state index in [1.165, 1.54) is 12.1 Å². The van der Waals surface area contributed by atoms with Crippen molar-refractivity contribution in [2.45, 2.75) is 24.7 Å². The van der Waals surface area contributed by atoms with Crippen LogP contribution < -0.4 is 19.5 Å². The van der Waals surface area contributed by atoms with Gasteiger partial charge in [-0.1, -0.05) is 110 Å². The summed E-state index contributed by atoms with van der Waals surface area (Å²) >= 11 is 0. The molecule has 11 heteroatoms. The molecule has 5 aromatic rings. The summed E-state index contributed by atoms with van der Waals surface area (Å²) in [6.07, 6.45) is 0. The zero-order valence-corrected chi connectivity index (χ0v) is 24.5. The molecule has 5 nitrogen and oxygen atoms in total. The molecule has 0 fully saturated rings. The third kappa shape index (κ3) is 8.76. The number of ether oxygens (including phenoxy) is 3. The lowest BCUT2D eigenvalue weighted by Gasteiger charge is -2.40. The molecule has 0 saturated carbocycles. The van der Waals surface area contributed by atoms with Gasteiger partial charge >= 0.3 is 10.2 Å². The fraction of sp³-hybridized carbons (Fsp3) is 0.0882. The Morgan fingerprint density at radius 3 is 1.36 bits per heavy atom. The number of rotatable bonds is 12. The molecule has 0 unspecified atom stereocenters. The highest BCUT2D eigenvalue weighted by Gasteiger charge is 2.65. The Balaban J connectivity index is 1.48. The molecule has 0 aliphatic carbocycles. The van der Waals surface area contributed by atoms with Crippen molar-refractivity contribution in [3.8, 4) is 17.2 Å². The molecule has 0 aliphatic heterocycles. The Labute approximate surface area is 256 Å². The SMILES string of the molecule is O=C(Nc1ccc(S(F)(F)(F)(F)F)cc1)c1cc(OCc2ccccc2)c(OCc2ccccc2)c(OCc2ccccc2)c1. The lowest BCUT2D eigenvalue weighted by molar-refractivity contribution is 0.102. The van der Waals surface area contributed by atoms with Crippen LogP contribution in [0.1, 0.15) is 27.0 Å². The van der Waals surface area contributed by atoms with Crippen molar-refractivity contribution < 1.29 is 38.4 Å². The van der Waals surface area contributed by atoms with Gasteiger partial charge in [0.05, 0.1) is 0 Å². The molecule has 234 valence electrons. The topological polar surface area (TPSA) is 56.8 Å². The number of hydrogen-bond acceptors (Lipinski definition) is 4. The number of carbonyl (C=O) groups excluding carboxylic acids is 1. The summed E-state index contributed by atoms with van der Waals surface area (Å²) in [5, 5.41) is 2.45. The first-order chi connectivity index (χ1) is 21.3. The molecule has 0 radical (unpaired) electrons. The summed E-state index contributed by atoms with van der Waals surface area (Å²) in [6.45, 7) is 0.414. The maximum absolute atomic E-state index is 13.3. The van der Waals surface area contributed by atoms with Crippen LogP contribution in [0.25, 0.3) is 0 Å². The average Bonchev–Trinajstić information content (AvgIpc) is 3.02. The van der Waals surface area contributed by atoms with Crippen LogP contribution in [-0.4, -0.2) is 5.91 Å². The smallest absolute Gasteiger partial charge is 0.310 e. The van der Waals surface area contributed by atoms with E-state index < -0.39 is 21.0 Å². The first-order valence-corrected chi connectivity index (χ1v) is 15.6. The third-order valence-electron chi connectivity index (χ3n) is 6.54. The highest BCUT2D eigenvalue weighted by molar-refractivity contribution is 8.45. The van der Waals surface area contributed by atoms with Crippen LogP contribution in [0.2, 0.25) is 0 Å². The number of benzene rings is 5. The molecule has 0 atom stereocenters. The number of hydrogen-bond donors (Lipinski definition) is 1. The Hall–Kier alpha value is -5.03. The zero-order chi connectivity index (χ0) is 32.0. The fourth-order valence-corrected chi connectivity index (χ4v) is 4.91. The van der Waals surface area contributed by atoms with Gasteiger partial charge in [-0.25, -0.2) is 0 Å². The highest BCUT2D eigenvalue weighted by atomic mass is 32.5. The predicted octanol–water partition coefficient (Wildman–Crippen LogP) is 10.3. The molecule has 0 heterocycles. The maximum atomic E-state index is 13.3. The van der Waals surface area contributed by atoms with E-state index in [2.05, 4.69) is 5.32 Å². The second-order valence-corrected chi connectivity index (χ2v) is 12.5. The number of halogens is 5. The fourth-order valence-electron chi connectivity index (χ4n) is 4.26. The van der Waals surface area contributed by atoms with Gasteiger partial charge in [0.1, 0.15) is 24.7 Å². The first kappa shape index (κ1) is 31.4. The van der Waals surface area contributed by atoms with Crippen LogP contribution in [-0.2, 0) is 19.8 Å². The Morgan fingerprint density at radius 2 is 0.956 bits per heavy atom. The van der Waals surface area contributed by atoms with Crippen LogP contribution in [0.15, 0.2) is 132 Å². The second-order valence-electron chi connectivity index (χ2n) is 10.1. The Kier molecular flexibility index (Phi) is 8.48. The molecular weight excluding hydrogens is 613 g/mol. The van der Waals surface area contributed by atoms with Crippen molar-refractivity contribution >= 4 is 21.8 Å². The van der Waals surface area contributed by atoms with Crippen LogP contribution >= 0.6 is 10.2 Å². The van der Waals surface area contributed by atoms with Gasteiger partial charge < -0.3 is 19.5 Å². The number of anilines is 1. The Bertz CT molecular complexity index is 1690. The highest BCUT2D eigenvalue weighted by Crippen LogP contribution is 3.02. The Morgan fingerprint density at radius 1 is 0.556 bits per heavy atom. The van der Waals surface area contributed by atoms with E-state index in [1.807, 2.05) is 91.0 Å². The maximum Gasteiger partial charge on any atom is 0.310 e. The van der Waals surface area contributed by atoms with Crippen LogP contribution in [0.5, 0.6) is 17.2 Å². The molecular formula is C34H28F5NO4S. The third-order valence-corrected chi connectivity index (χ3v) is 7.70. The van der Waals surface area contributed by atoms with Gasteiger partial charge in [-0.05, 0) is 53.1 Å². The first-order valence-electron chi connectivity index (χ1n) is 13.7. The van der Waals surface area contributed by atoms with E-state index in [0.717, 1.165) is 28.8 Å². The van der Waals surface area contributed by atoms with Gasteiger partial charge in [0, 0.05) is 11.3 Å². The number of carbonyl (C=O) groups is 1. The summed E-state index contributed by atoms with van der Waals surface area (Å²) in [5.41, 5.74) is 2.48. The van der Waals surface area contributed by atoms with E-state index in [0.29, 0.717) is 0 Å². The van der Waals surface area contributed by atoms with Gasteiger partial charge in [0.2, 0.25) is 5.75 Å². The lowest BCUT2D eigenvalue weighted by atomic mass is 10.1. The number of nitrogens with one attached hydrogen (secondary N) is 1. The van der Waals surface area contributed by atoms with Gasteiger partial charge in [0.25, 0.3) is 5.91 Å². The molecule has 5 aromatic carbocycles. The van der Waals surface area contributed by atoms with Gasteiger partial charge in [-0.15, -0.1) is 0 Å². The molecule has 1 amide bonds. The van der Waals surface area contributed by atoms with E-state index in [-0.39, 0.29) is 60.5 Å². The van der Waals surface area contributed by atoms with Crippen molar-refractivity contribution in [1.82, 2.24) is 0 Å². The minimum atomic E-state index is -9.86. The van der Waals surface area contributed by atoms with Crippen LogP contribution in [0.3, 0.4) is 0 Å². The standard InChI is InChI=1S/C34H28F5NO4S/c35-45(36,37,38,39)30-18-16-29(17-19-30)40-34(41)28-20-31(42-22-25-10-4-1-5-11-25)33(44-24-27-14-8-3-9-15-27)32(21-28)43-23-26-12-6-2-7-13-26/h1-21H,22-24H2,(H,40,41).